The largest absolute Gasteiger partial charge is 0.462 e. The van der Waals surface area contributed by atoms with E-state index in [9.17, 15) is 0 Å². The van der Waals surface area contributed by atoms with Crippen LogP contribution in [0.2, 0.25) is 0 Å². The topological polar surface area (TPSA) is 26.0 Å². The van der Waals surface area contributed by atoms with Crippen LogP contribution in [0, 0.1) is 0 Å². The van der Waals surface area contributed by atoms with E-state index in [1.54, 1.807) is 6.26 Å². The van der Waals surface area contributed by atoms with E-state index in [2.05, 4.69) is 24.9 Å². The summed E-state index contributed by atoms with van der Waals surface area (Å²) in [5.74, 6) is 0. The molecule has 0 aliphatic rings. The number of nitrogens with zero attached hydrogens (tertiary/aromatic N) is 1. The molecule has 0 aromatic carbocycles. The van der Waals surface area contributed by atoms with Crippen LogP contribution in [0.15, 0.2) is 22.8 Å². The fraction of sp³-hybridized carbons (Fsp3) is 0.364. The molecule has 0 spiro atoms. The number of aromatic nitrogens is 1. The average molecular weight is 175 g/mol. The zero-order valence-electron chi connectivity index (χ0n) is 8.00. The molecule has 0 amide bonds. The van der Waals surface area contributed by atoms with E-state index >= 15 is 0 Å². The third-order valence-corrected chi connectivity index (χ3v) is 2.26. The van der Waals surface area contributed by atoms with Gasteiger partial charge in [-0.1, -0.05) is 13.8 Å². The second-order valence-corrected chi connectivity index (χ2v) is 3.11. The maximum atomic E-state index is 5.38. The highest BCUT2D eigenvalue weighted by molar-refractivity contribution is 5.79. The Labute approximate surface area is 77.6 Å². The first-order chi connectivity index (χ1) is 6.35. The van der Waals surface area contributed by atoms with E-state index < -0.39 is 0 Å². The lowest BCUT2D eigenvalue weighted by Crippen LogP contribution is -1.93. The summed E-state index contributed by atoms with van der Waals surface area (Å²) >= 11 is 0. The molecule has 2 nitrogen and oxygen atoms in total. The van der Waals surface area contributed by atoms with Crippen LogP contribution in [0.4, 0.5) is 0 Å². The van der Waals surface area contributed by atoms with Crippen molar-refractivity contribution in [2.75, 3.05) is 0 Å². The van der Waals surface area contributed by atoms with Crippen molar-refractivity contribution in [2.45, 2.75) is 26.7 Å². The summed E-state index contributed by atoms with van der Waals surface area (Å²) in [6.07, 6.45) is 3.64. The van der Waals surface area contributed by atoms with Crippen molar-refractivity contribution in [3.8, 4) is 0 Å². The molecule has 0 N–H and O–H groups in total. The first kappa shape index (κ1) is 8.30. The summed E-state index contributed by atoms with van der Waals surface area (Å²) in [5.41, 5.74) is 3.16. The maximum Gasteiger partial charge on any atom is 0.155 e. The van der Waals surface area contributed by atoms with Gasteiger partial charge in [0.2, 0.25) is 0 Å². The summed E-state index contributed by atoms with van der Waals surface area (Å²) in [7, 11) is 0. The monoisotopic (exact) mass is 175 g/mol. The highest BCUT2D eigenvalue weighted by Gasteiger charge is 2.05. The number of furan rings is 1. The van der Waals surface area contributed by atoms with Crippen molar-refractivity contribution < 1.29 is 4.42 Å². The van der Waals surface area contributed by atoms with Crippen molar-refractivity contribution >= 4 is 11.0 Å². The molecule has 0 bridgehead atoms. The van der Waals surface area contributed by atoms with Gasteiger partial charge in [0.25, 0.3) is 0 Å². The minimum Gasteiger partial charge on any atom is -0.462 e. The molecule has 2 aromatic heterocycles. The molecule has 0 radical (unpaired) electrons. The van der Waals surface area contributed by atoms with Crippen LogP contribution in [-0.2, 0) is 12.8 Å². The highest BCUT2D eigenvalue weighted by atomic mass is 16.3. The van der Waals surface area contributed by atoms with E-state index in [1.807, 2.05) is 6.07 Å². The average Bonchev–Trinajstić information content (AvgIpc) is 2.63. The molecular formula is C11H13NO. The Balaban J connectivity index is 2.70. The lowest BCUT2D eigenvalue weighted by atomic mass is 10.2. The van der Waals surface area contributed by atoms with E-state index in [0.717, 1.165) is 29.8 Å². The molecule has 2 rings (SSSR count). The second kappa shape index (κ2) is 3.21. The molecule has 0 unspecified atom stereocenters. The van der Waals surface area contributed by atoms with E-state index in [4.69, 9.17) is 4.42 Å². The summed E-state index contributed by atoms with van der Waals surface area (Å²) < 4.78 is 5.38. The minimum atomic E-state index is 0.928. The molecule has 0 aliphatic heterocycles. The molecule has 13 heavy (non-hydrogen) atoms. The van der Waals surface area contributed by atoms with Crippen LogP contribution in [0.25, 0.3) is 11.0 Å². The minimum absolute atomic E-state index is 0.928. The Hall–Kier alpha value is -1.31. The van der Waals surface area contributed by atoms with Gasteiger partial charge in [-0.2, -0.15) is 0 Å². The van der Waals surface area contributed by atoms with Gasteiger partial charge in [-0.3, -0.25) is 4.98 Å². The van der Waals surface area contributed by atoms with Crippen molar-refractivity contribution in [1.82, 2.24) is 4.98 Å². The van der Waals surface area contributed by atoms with Gasteiger partial charge in [-0.25, -0.2) is 0 Å². The highest BCUT2D eigenvalue weighted by Crippen LogP contribution is 2.20. The van der Waals surface area contributed by atoms with Crippen LogP contribution in [0.1, 0.15) is 25.2 Å². The van der Waals surface area contributed by atoms with Gasteiger partial charge in [0.05, 0.1) is 12.0 Å². The summed E-state index contributed by atoms with van der Waals surface area (Å²) in [5, 5.41) is 1.17. The van der Waals surface area contributed by atoms with Gasteiger partial charge < -0.3 is 4.42 Å². The van der Waals surface area contributed by atoms with Gasteiger partial charge in [-0.15, -0.1) is 0 Å². The fourth-order valence-corrected chi connectivity index (χ4v) is 1.52. The zero-order chi connectivity index (χ0) is 9.26. The first-order valence-electron chi connectivity index (χ1n) is 4.71. The smallest absolute Gasteiger partial charge is 0.155 e. The molecule has 68 valence electrons. The van der Waals surface area contributed by atoms with Crippen LogP contribution < -0.4 is 0 Å². The van der Waals surface area contributed by atoms with E-state index in [-0.39, 0.29) is 0 Å². The maximum absolute atomic E-state index is 5.38. The summed E-state index contributed by atoms with van der Waals surface area (Å²) in [4.78, 5) is 4.52. The molecule has 0 fully saturated rings. The van der Waals surface area contributed by atoms with Crippen molar-refractivity contribution in [2.24, 2.45) is 0 Å². The Morgan fingerprint density at radius 1 is 1.31 bits per heavy atom. The van der Waals surface area contributed by atoms with Crippen LogP contribution >= 0.6 is 0 Å². The molecule has 0 aliphatic carbocycles. The second-order valence-electron chi connectivity index (χ2n) is 3.11. The number of rotatable bonds is 2. The Kier molecular flexibility index (Phi) is 2.05. The summed E-state index contributed by atoms with van der Waals surface area (Å²) in [6, 6.07) is 4.09. The number of fused-ring (bicyclic) bond motifs is 1. The normalized spacial score (nSPS) is 10.9. The molecule has 0 saturated heterocycles. The molecule has 0 saturated carbocycles. The lowest BCUT2D eigenvalue weighted by Gasteiger charge is -2.01. The standard InChI is InChI=1S/C11H13NO/c1-3-9-7-8-5-6-13-11(8)10(4-2)12-9/h5-7H,3-4H2,1-2H3. The van der Waals surface area contributed by atoms with Crippen LogP contribution in [-0.4, -0.2) is 4.98 Å². The van der Waals surface area contributed by atoms with Crippen molar-refractivity contribution in [3.05, 3.63) is 29.8 Å². The number of hydrogen-bond acceptors (Lipinski definition) is 2. The fourth-order valence-electron chi connectivity index (χ4n) is 1.52. The molecule has 0 atom stereocenters. The molecule has 2 heteroatoms. The van der Waals surface area contributed by atoms with Gasteiger partial charge in [0, 0.05) is 11.1 Å². The third kappa shape index (κ3) is 1.32. The number of aryl methyl sites for hydroxylation is 2. The van der Waals surface area contributed by atoms with Gasteiger partial charge in [0.15, 0.2) is 5.58 Å². The Morgan fingerprint density at radius 2 is 2.15 bits per heavy atom. The zero-order valence-corrected chi connectivity index (χ0v) is 8.00. The number of pyridine rings is 1. The van der Waals surface area contributed by atoms with Crippen LogP contribution in [0.5, 0.6) is 0 Å². The van der Waals surface area contributed by atoms with E-state index in [1.165, 1.54) is 5.39 Å². The van der Waals surface area contributed by atoms with Gasteiger partial charge >= 0.3 is 0 Å². The third-order valence-electron chi connectivity index (χ3n) is 2.26. The van der Waals surface area contributed by atoms with E-state index in [0.29, 0.717) is 0 Å². The van der Waals surface area contributed by atoms with Gasteiger partial charge in [0.1, 0.15) is 0 Å². The van der Waals surface area contributed by atoms with Gasteiger partial charge in [-0.05, 0) is 25.0 Å². The molecule has 2 aromatic rings. The van der Waals surface area contributed by atoms with Crippen molar-refractivity contribution in [1.29, 1.82) is 0 Å². The molecular weight excluding hydrogens is 162 g/mol. The lowest BCUT2D eigenvalue weighted by molar-refractivity contribution is 0.608. The van der Waals surface area contributed by atoms with Crippen molar-refractivity contribution in [3.63, 3.8) is 0 Å². The first-order valence-corrected chi connectivity index (χ1v) is 4.71. The predicted molar refractivity (Wildman–Crippen MR) is 52.8 cm³/mol. The SMILES string of the molecule is CCc1cc2ccoc2c(CC)n1. The predicted octanol–water partition coefficient (Wildman–Crippen LogP) is 2.95. The number of hydrogen-bond donors (Lipinski definition) is 0. The van der Waals surface area contributed by atoms with Crippen LogP contribution in [0.3, 0.4) is 0 Å². The Morgan fingerprint density at radius 3 is 2.85 bits per heavy atom. The molecule has 2 heterocycles. The summed E-state index contributed by atoms with van der Waals surface area (Å²) in [6.45, 7) is 4.22. The quantitative estimate of drug-likeness (QED) is 0.701. The Bertz CT molecular complexity index is 417.